The molecule has 27 heavy (non-hydrogen) atoms. The van der Waals surface area contributed by atoms with Crippen LogP contribution >= 0.6 is 24.0 Å². The van der Waals surface area contributed by atoms with Crippen LogP contribution in [0.5, 0.6) is 0 Å². The molecule has 1 aliphatic heterocycles. The molecule has 0 aromatic heterocycles. The lowest BCUT2D eigenvalue weighted by atomic mass is 10.0. The van der Waals surface area contributed by atoms with E-state index in [1.165, 1.54) is 0 Å². The van der Waals surface area contributed by atoms with Gasteiger partial charge in [-0.15, -0.1) is 12.4 Å². The van der Waals surface area contributed by atoms with Gasteiger partial charge in [0.1, 0.15) is 0 Å². The number of carbonyl (C=O) groups excluding carboxylic acids is 2. The largest absolute Gasteiger partial charge is 0.339 e. The van der Waals surface area contributed by atoms with E-state index in [1.807, 2.05) is 30.3 Å². The predicted molar refractivity (Wildman–Crippen MR) is 110 cm³/mol. The van der Waals surface area contributed by atoms with Crippen LogP contribution < -0.4 is 11.1 Å². The number of halogens is 2. The van der Waals surface area contributed by atoms with E-state index < -0.39 is 6.04 Å². The van der Waals surface area contributed by atoms with Crippen molar-refractivity contribution < 1.29 is 9.59 Å². The molecule has 1 saturated heterocycles. The van der Waals surface area contributed by atoms with Crippen LogP contribution in [0.4, 0.5) is 5.69 Å². The Balaban J connectivity index is 0.00000261. The minimum atomic E-state index is -0.402. The first-order valence-electron chi connectivity index (χ1n) is 8.74. The Hall–Kier alpha value is -2.08. The van der Waals surface area contributed by atoms with Gasteiger partial charge in [0.25, 0.3) is 5.91 Å². The van der Waals surface area contributed by atoms with Gasteiger partial charge in [-0.2, -0.15) is 0 Å². The molecule has 0 aliphatic carbocycles. The first-order valence-corrected chi connectivity index (χ1v) is 9.11. The minimum absolute atomic E-state index is 0. The van der Waals surface area contributed by atoms with Crippen LogP contribution in [0.3, 0.4) is 0 Å². The lowest BCUT2D eigenvalue weighted by Crippen LogP contribution is -2.29. The standard InChI is InChI=1S/C20H22ClN3O2.ClH/c21-15-8-9-18(16(12-15)20(26)24-10-4-5-11-24)23-19(25)13-17(22)14-6-2-1-3-7-14;/h1-3,6-9,12,17H,4-5,10-11,13,22H2,(H,23,25);1H. The van der Waals surface area contributed by atoms with Crippen molar-refractivity contribution in [1.82, 2.24) is 4.90 Å². The molecule has 0 spiro atoms. The first kappa shape index (κ1) is 21.2. The lowest BCUT2D eigenvalue weighted by molar-refractivity contribution is -0.116. The number of nitrogens with zero attached hydrogens (tertiary/aromatic N) is 1. The van der Waals surface area contributed by atoms with Crippen LogP contribution in [-0.4, -0.2) is 29.8 Å². The second-order valence-corrected chi connectivity index (χ2v) is 6.90. The van der Waals surface area contributed by atoms with Gasteiger partial charge in [0, 0.05) is 30.6 Å². The molecule has 7 heteroatoms. The van der Waals surface area contributed by atoms with E-state index >= 15 is 0 Å². The Morgan fingerprint density at radius 3 is 2.44 bits per heavy atom. The maximum atomic E-state index is 12.7. The molecule has 1 heterocycles. The fraction of sp³-hybridized carbons (Fsp3) is 0.300. The zero-order valence-electron chi connectivity index (χ0n) is 14.9. The third-order valence-electron chi connectivity index (χ3n) is 4.51. The van der Waals surface area contributed by atoms with Crippen LogP contribution in [0.1, 0.15) is 41.2 Å². The summed E-state index contributed by atoms with van der Waals surface area (Å²) in [5.74, 6) is -0.341. The van der Waals surface area contributed by atoms with Gasteiger partial charge in [-0.3, -0.25) is 9.59 Å². The maximum absolute atomic E-state index is 12.7. The maximum Gasteiger partial charge on any atom is 0.256 e. The molecule has 2 amide bonds. The molecule has 2 aromatic rings. The molecule has 144 valence electrons. The normalized spacial score (nSPS) is 14.4. The number of likely N-dealkylation sites (tertiary alicyclic amines) is 1. The van der Waals surface area contributed by atoms with Crippen LogP contribution in [0.2, 0.25) is 5.02 Å². The quantitative estimate of drug-likeness (QED) is 0.785. The SMILES string of the molecule is Cl.NC(CC(=O)Nc1ccc(Cl)cc1C(=O)N1CCCC1)c1ccccc1. The monoisotopic (exact) mass is 407 g/mol. The average molecular weight is 408 g/mol. The summed E-state index contributed by atoms with van der Waals surface area (Å²) in [7, 11) is 0. The highest BCUT2D eigenvalue weighted by Gasteiger charge is 2.23. The van der Waals surface area contributed by atoms with Crippen molar-refractivity contribution in [2.24, 2.45) is 5.73 Å². The van der Waals surface area contributed by atoms with Gasteiger partial charge in [0.2, 0.25) is 5.91 Å². The second-order valence-electron chi connectivity index (χ2n) is 6.46. The fourth-order valence-electron chi connectivity index (χ4n) is 3.11. The zero-order valence-corrected chi connectivity index (χ0v) is 16.4. The molecular formula is C20H23Cl2N3O2. The summed E-state index contributed by atoms with van der Waals surface area (Å²) in [6.45, 7) is 1.47. The van der Waals surface area contributed by atoms with Gasteiger partial charge >= 0.3 is 0 Å². The van der Waals surface area contributed by atoms with Crippen molar-refractivity contribution in [3.8, 4) is 0 Å². The van der Waals surface area contributed by atoms with E-state index in [0.717, 1.165) is 31.5 Å². The molecule has 1 atom stereocenters. The van der Waals surface area contributed by atoms with Crippen LogP contribution in [0.15, 0.2) is 48.5 Å². The van der Waals surface area contributed by atoms with Crippen LogP contribution in [0, 0.1) is 0 Å². The number of hydrogen-bond donors (Lipinski definition) is 2. The fourth-order valence-corrected chi connectivity index (χ4v) is 3.28. The summed E-state index contributed by atoms with van der Waals surface area (Å²) in [4.78, 5) is 27.0. The topological polar surface area (TPSA) is 75.4 Å². The number of amides is 2. The van der Waals surface area contributed by atoms with E-state index in [-0.39, 0.29) is 30.6 Å². The second kappa shape index (κ2) is 9.74. The first-order chi connectivity index (χ1) is 12.5. The summed E-state index contributed by atoms with van der Waals surface area (Å²) in [5, 5.41) is 3.28. The Morgan fingerprint density at radius 2 is 1.78 bits per heavy atom. The number of hydrogen-bond acceptors (Lipinski definition) is 3. The number of nitrogens with one attached hydrogen (secondary N) is 1. The van der Waals surface area contributed by atoms with E-state index in [0.29, 0.717) is 16.3 Å². The summed E-state index contributed by atoms with van der Waals surface area (Å²) < 4.78 is 0. The molecule has 0 radical (unpaired) electrons. The summed E-state index contributed by atoms with van der Waals surface area (Å²) in [5.41, 5.74) is 7.90. The smallest absolute Gasteiger partial charge is 0.256 e. The Kier molecular flexibility index (Phi) is 7.66. The molecule has 0 bridgehead atoms. The van der Waals surface area contributed by atoms with Gasteiger partial charge in [0.15, 0.2) is 0 Å². The van der Waals surface area contributed by atoms with Crippen molar-refractivity contribution in [3.63, 3.8) is 0 Å². The van der Waals surface area contributed by atoms with Gasteiger partial charge in [-0.05, 0) is 36.6 Å². The molecule has 2 aromatic carbocycles. The highest BCUT2D eigenvalue weighted by atomic mass is 35.5. The highest BCUT2D eigenvalue weighted by molar-refractivity contribution is 6.31. The lowest BCUT2D eigenvalue weighted by Gasteiger charge is -2.19. The van der Waals surface area contributed by atoms with Crippen molar-refractivity contribution in [2.45, 2.75) is 25.3 Å². The van der Waals surface area contributed by atoms with Crippen molar-refractivity contribution in [3.05, 3.63) is 64.7 Å². The van der Waals surface area contributed by atoms with Gasteiger partial charge < -0.3 is 16.0 Å². The highest BCUT2D eigenvalue weighted by Crippen LogP contribution is 2.25. The third kappa shape index (κ3) is 5.45. The summed E-state index contributed by atoms with van der Waals surface area (Å²) in [6, 6.07) is 14.0. The molecule has 3 N–H and O–H groups in total. The molecule has 5 nitrogen and oxygen atoms in total. The van der Waals surface area contributed by atoms with E-state index in [9.17, 15) is 9.59 Å². The van der Waals surface area contributed by atoms with E-state index in [1.54, 1.807) is 23.1 Å². The number of benzene rings is 2. The van der Waals surface area contributed by atoms with Crippen molar-refractivity contribution >= 4 is 41.5 Å². The molecule has 1 fully saturated rings. The third-order valence-corrected chi connectivity index (χ3v) is 4.75. The molecule has 1 aliphatic rings. The van der Waals surface area contributed by atoms with Gasteiger partial charge in [-0.25, -0.2) is 0 Å². The molecule has 3 rings (SSSR count). The minimum Gasteiger partial charge on any atom is -0.339 e. The number of anilines is 1. The predicted octanol–water partition coefficient (Wildman–Crippen LogP) is 4.03. The Labute approximate surface area is 170 Å². The molecular weight excluding hydrogens is 385 g/mol. The summed E-state index contributed by atoms with van der Waals surface area (Å²) in [6.07, 6.45) is 2.13. The Morgan fingerprint density at radius 1 is 1.11 bits per heavy atom. The van der Waals surface area contributed by atoms with Gasteiger partial charge in [-0.1, -0.05) is 41.9 Å². The number of carbonyl (C=O) groups is 2. The average Bonchev–Trinajstić information content (AvgIpc) is 3.18. The van der Waals surface area contributed by atoms with E-state index in [4.69, 9.17) is 17.3 Å². The van der Waals surface area contributed by atoms with Crippen molar-refractivity contribution in [2.75, 3.05) is 18.4 Å². The van der Waals surface area contributed by atoms with Crippen molar-refractivity contribution in [1.29, 1.82) is 0 Å². The van der Waals surface area contributed by atoms with Crippen LogP contribution in [-0.2, 0) is 4.79 Å². The van der Waals surface area contributed by atoms with Gasteiger partial charge in [0.05, 0.1) is 11.3 Å². The molecule has 1 unspecified atom stereocenters. The van der Waals surface area contributed by atoms with E-state index in [2.05, 4.69) is 5.32 Å². The molecule has 0 saturated carbocycles. The number of nitrogens with two attached hydrogens (primary N) is 1. The zero-order chi connectivity index (χ0) is 18.5. The van der Waals surface area contributed by atoms with Crippen LogP contribution in [0.25, 0.3) is 0 Å². The number of rotatable bonds is 5. The summed E-state index contributed by atoms with van der Waals surface area (Å²) >= 11 is 6.07. The Bertz CT molecular complexity index is 793.